The van der Waals surface area contributed by atoms with Crippen LogP contribution in [0.25, 0.3) is 0 Å². The summed E-state index contributed by atoms with van der Waals surface area (Å²) in [4.78, 5) is 2.39. The second-order valence-electron chi connectivity index (χ2n) is 5.54. The summed E-state index contributed by atoms with van der Waals surface area (Å²) in [6, 6.07) is 5.83. The van der Waals surface area contributed by atoms with E-state index in [4.69, 9.17) is 5.73 Å². The van der Waals surface area contributed by atoms with Crippen molar-refractivity contribution in [2.24, 2.45) is 5.73 Å². The molecule has 1 aromatic rings. The number of halogens is 2. The van der Waals surface area contributed by atoms with Gasteiger partial charge in [-0.05, 0) is 31.5 Å². The highest BCUT2D eigenvalue weighted by Crippen LogP contribution is 2.31. The smallest absolute Gasteiger partial charge is 0.129 e. The van der Waals surface area contributed by atoms with Crippen molar-refractivity contribution in [1.82, 2.24) is 4.90 Å². The van der Waals surface area contributed by atoms with E-state index in [9.17, 15) is 4.39 Å². The van der Waals surface area contributed by atoms with Gasteiger partial charge in [-0.15, -0.1) is 0 Å². The monoisotopic (exact) mass is 342 g/mol. The first-order chi connectivity index (χ1) is 9.67. The standard InChI is InChI=1S/C16H24BrFN2/c1-2-20(13-6-4-3-5-7-13)16(11-19)14-9-8-12(17)10-15(14)18/h8-10,13,16H,2-7,11,19H2,1H3. The van der Waals surface area contributed by atoms with E-state index in [0.29, 0.717) is 12.6 Å². The fourth-order valence-electron chi connectivity index (χ4n) is 3.36. The van der Waals surface area contributed by atoms with Gasteiger partial charge in [-0.25, -0.2) is 4.39 Å². The third kappa shape index (κ3) is 3.60. The van der Waals surface area contributed by atoms with Crippen LogP contribution in [0.1, 0.15) is 50.6 Å². The van der Waals surface area contributed by atoms with Crippen molar-refractivity contribution < 1.29 is 4.39 Å². The summed E-state index contributed by atoms with van der Waals surface area (Å²) in [6.07, 6.45) is 6.31. The first-order valence-corrected chi connectivity index (χ1v) is 8.37. The molecule has 0 bridgehead atoms. The predicted molar refractivity (Wildman–Crippen MR) is 85.1 cm³/mol. The van der Waals surface area contributed by atoms with Gasteiger partial charge in [0, 0.05) is 22.6 Å². The highest BCUT2D eigenvalue weighted by molar-refractivity contribution is 9.10. The number of nitrogens with zero attached hydrogens (tertiary/aromatic N) is 1. The molecule has 0 saturated heterocycles. The topological polar surface area (TPSA) is 29.3 Å². The molecule has 1 atom stereocenters. The van der Waals surface area contributed by atoms with Gasteiger partial charge < -0.3 is 5.73 Å². The van der Waals surface area contributed by atoms with Crippen molar-refractivity contribution in [2.45, 2.75) is 51.1 Å². The molecule has 1 saturated carbocycles. The molecule has 1 aliphatic rings. The van der Waals surface area contributed by atoms with E-state index >= 15 is 0 Å². The summed E-state index contributed by atoms with van der Waals surface area (Å²) in [5, 5.41) is 0. The molecule has 4 heteroatoms. The molecule has 1 aromatic carbocycles. The average molecular weight is 343 g/mol. The minimum atomic E-state index is -0.163. The second kappa shape index (κ2) is 7.53. The van der Waals surface area contributed by atoms with Gasteiger partial charge in [0.15, 0.2) is 0 Å². The Morgan fingerprint density at radius 1 is 1.35 bits per heavy atom. The van der Waals surface area contributed by atoms with Crippen LogP contribution in [0.2, 0.25) is 0 Å². The van der Waals surface area contributed by atoms with Gasteiger partial charge in [0.25, 0.3) is 0 Å². The van der Waals surface area contributed by atoms with Crippen molar-refractivity contribution in [3.63, 3.8) is 0 Å². The van der Waals surface area contributed by atoms with E-state index in [2.05, 4.69) is 27.8 Å². The maximum absolute atomic E-state index is 14.2. The summed E-state index contributed by atoms with van der Waals surface area (Å²) >= 11 is 3.31. The van der Waals surface area contributed by atoms with Crippen LogP contribution in [0.5, 0.6) is 0 Å². The molecular weight excluding hydrogens is 319 g/mol. The molecule has 0 amide bonds. The Morgan fingerprint density at radius 2 is 2.05 bits per heavy atom. The predicted octanol–water partition coefficient (Wildman–Crippen LogP) is 4.24. The van der Waals surface area contributed by atoms with Gasteiger partial charge in [0.2, 0.25) is 0 Å². The largest absolute Gasteiger partial charge is 0.329 e. The van der Waals surface area contributed by atoms with Gasteiger partial charge >= 0.3 is 0 Å². The summed E-state index contributed by atoms with van der Waals surface area (Å²) in [7, 11) is 0. The molecule has 1 unspecified atom stereocenters. The van der Waals surface area contributed by atoms with E-state index < -0.39 is 0 Å². The molecule has 2 rings (SSSR count). The normalized spacial score (nSPS) is 18.4. The van der Waals surface area contributed by atoms with Gasteiger partial charge in [-0.3, -0.25) is 4.90 Å². The van der Waals surface area contributed by atoms with Crippen molar-refractivity contribution in [3.05, 3.63) is 34.1 Å². The van der Waals surface area contributed by atoms with E-state index in [1.54, 1.807) is 0 Å². The van der Waals surface area contributed by atoms with Crippen LogP contribution in [0.15, 0.2) is 22.7 Å². The third-order valence-corrected chi connectivity index (χ3v) is 4.85. The highest BCUT2D eigenvalue weighted by Gasteiger charge is 2.28. The van der Waals surface area contributed by atoms with Crippen LogP contribution in [-0.2, 0) is 0 Å². The Balaban J connectivity index is 2.23. The average Bonchev–Trinajstić information content (AvgIpc) is 2.46. The summed E-state index contributed by atoms with van der Waals surface area (Å²) in [5.41, 5.74) is 6.70. The Bertz CT molecular complexity index is 432. The summed E-state index contributed by atoms with van der Waals surface area (Å²) in [6.45, 7) is 3.53. The fourth-order valence-corrected chi connectivity index (χ4v) is 3.69. The molecule has 0 radical (unpaired) electrons. The minimum absolute atomic E-state index is 0.0174. The Kier molecular flexibility index (Phi) is 6.00. The van der Waals surface area contributed by atoms with E-state index in [1.807, 2.05) is 12.1 Å². The Hall–Kier alpha value is -0.450. The second-order valence-corrected chi connectivity index (χ2v) is 6.46. The molecule has 0 heterocycles. The molecule has 1 fully saturated rings. The van der Waals surface area contributed by atoms with E-state index in [0.717, 1.165) is 16.6 Å². The molecule has 0 aromatic heterocycles. The lowest BCUT2D eigenvalue weighted by molar-refractivity contribution is 0.112. The molecule has 20 heavy (non-hydrogen) atoms. The number of hydrogen-bond acceptors (Lipinski definition) is 2. The number of nitrogens with two attached hydrogens (primary N) is 1. The lowest BCUT2D eigenvalue weighted by Crippen LogP contribution is -2.42. The molecule has 2 nitrogen and oxygen atoms in total. The van der Waals surface area contributed by atoms with Crippen molar-refractivity contribution >= 4 is 15.9 Å². The zero-order valence-electron chi connectivity index (χ0n) is 12.1. The quantitative estimate of drug-likeness (QED) is 0.866. The number of likely N-dealkylation sites (N-methyl/N-ethyl adjacent to an activating group) is 1. The maximum atomic E-state index is 14.2. The van der Waals surface area contributed by atoms with Crippen LogP contribution >= 0.6 is 15.9 Å². The Labute approximate surface area is 129 Å². The zero-order valence-corrected chi connectivity index (χ0v) is 13.7. The lowest BCUT2D eigenvalue weighted by Gasteiger charge is -2.39. The fraction of sp³-hybridized carbons (Fsp3) is 0.625. The molecular formula is C16H24BrFN2. The summed E-state index contributed by atoms with van der Waals surface area (Å²) < 4.78 is 15.0. The molecule has 2 N–H and O–H groups in total. The minimum Gasteiger partial charge on any atom is -0.329 e. The van der Waals surface area contributed by atoms with Gasteiger partial charge in [-0.1, -0.05) is 48.2 Å². The lowest BCUT2D eigenvalue weighted by atomic mass is 9.91. The molecule has 1 aliphatic carbocycles. The number of benzene rings is 1. The van der Waals surface area contributed by atoms with Crippen LogP contribution in [0, 0.1) is 5.82 Å². The van der Waals surface area contributed by atoms with Crippen LogP contribution in [-0.4, -0.2) is 24.0 Å². The van der Waals surface area contributed by atoms with Gasteiger partial charge in [-0.2, -0.15) is 0 Å². The van der Waals surface area contributed by atoms with Crippen LogP contribution in [0.3, 0.4) is 0 Å². The van der Waals surface area contributed by atoms with Crippen molar-refractivity contribution in [1.29, 1.82) is 0 Å². The van der Waals surface area contributed by atoms with Crippen molar-refractivity contribution in [3.8, 4) is 0 Å². The molecule has 0 aliphatic heterocycles. The zero-order chi connectivity index (χ0) is 14.5. The maximum Gasteiger partial charge on any atom is 0.129 e. The first kappa shape index (κ1) is 15.9. The molecule has 112 valence electrons. The van der Waals surface area contributed by atoms with E-state index in [-0.39, 0.29) is 11.9 Å². The van der Waals surface area contributed by atoms with Crippen molar-refractivity contribution in [2.75, 3.05) is 13.1 Å². The molecule has 0 spiro atoms. The van der Waals surface area contributed by atoms with Crippen LogP contribution in [0.4, 0.5) is 4.39 Å². The van der Waals surface area contributed by atoms with Gasteiger partial charge in [0.05, 0.1) is 6.04 Å². The first-order valence-electron chi connectivity index (χ1n) is 7.58. The summed E-state index contributed by atoms with van der Waals surface area (Å²) in [5.74, 6) is -0.163. The Morgan fingerprint density at radius 3 is 2.60 bits per heavy atom. The number of rotatable bonds is 5. The SMILES string of the molecule is CCN(C1CCCCC1)C(CN)c1ccc(Br)cc1F. The third-order valence-electron chi connectivity index (χ3n) is 4.35. The number of hydrogen-bond donors (Lipinski definition) is 1. The van der Waals surface area contributed by atoms with Gasteiger partial charge in [0.1, 0.15) is 5.82 Å². The van der Waals surface area contributed by atoms with Crippen LogP contribution < -0.4 is 5.73 Å². The highest BCUT2D eigenvalue weighted by atomic mass is 79.9. The van der Waals surface area contributed by atoms with E-state index in [1.165, 1.54) is 38.2 Å².